The maximum Gasteiger partial charge on any atom is 0.120 e. The molecule has 24 heavy (non-hydrogen) atoms. The van der Waals surface area contributed by atoms with Gasteiger partial charge in [0.2, 0.25) is 0 Å². The summed E-state index contributed by atoms with van der Waals surface area (Å²) in [7, 11) is 1.70. The van der Waals surface area contributed by atoms with Crippen LogP contribution in [0.4, 0.5) is 5.69 Å². The molecular weight excluding hydrogens is 298 g/mol. The molecule has 0 fully saturated rings. The van der Waals surface area contributed by atoms with Gasteiger partial charge in [-0.25, -0.2) is 5.01 Å². The molecule has 2 aromatic rings. The number of hydrogen-bond donors (Lipinski definition) is 1. The fourth-order valence-corrected chi connectivity index (χ4v) is 2.66. The molecule has 0 bridgehead atoms. The van der Waals surface area contributed by atoms with E-state index in [-0.39, 0.29) is 0 Å². The van der Waals surface area contributed by atoms with Crippen molar-refractivity contribution < 1.29 is 4.74 Å². The molecule has 2 rings (SSSR count). The van der Waals surface area contributed by atoms with Crippen LogP contribution in [0.5, 0.6) is 5.75 Å². The zero-order chi connectivity index (χ0) is 17.4. The first kappa shape index (κ1) is 18.3. The highest BCUT2D eigenvalue weighted by atomic mass is 16.5. The van der Waals surface area contributed by atoms with Crippen LogP contribution in [0.1, 0.15) is 25.0 Å². The third-order valence-corrected chi connectivity index (χ3v) is 4.29. The molecule has 0 aliphatic rings. The highest BCUT2D eigenvalue weighted by Crippen LogP contribution is 2.22. The summed E-state index contributed by atoms with van der Waals surface area (Å²) in [4.78, 5) is 2.34. The lowest BCUT2D eigenvalue weighted by molar-refractivity contribution is 0.303. The number of nitrogens with two attached hydrogens (primary N) is 1. The standard InChI is InChI=1S/C20H29N3O/c1-4-22(19-7-6-8-20(15-19)24-3)16-18-11-9-17(10-12-18)13-14-23(21)5-2/h6-12,15H,4-5,13-14,16,21H2,1-3H3. The van der Waals surface area contributed by atoms with Gasteiger partial charge in [0.05, 0.1) is 7.11 Å². The summed E-state index contributed by atoms with van der Waals surface area (Å²) in [5.41, 5.74) is 3.82. The summed E-state index contributed by atoms with van der Waals surface area (Å²) in [6.07, 6.45) is 0.984. The Morgan fingerprint density at radius 2 is 1.67 bits per heavy atom. The fraction of sp³-hybridized carbons (Fsp3) is 0.400. The molecule has 2 aromatic carbocycles. The number of hydrogen-bond acceptors (Lipinski definition) is 4. The number of nitrogens with zero attached hydrogens (tertiary/aromatic N) is 2. The first-order chi connectivity index (χ1) is 11.7. The van der Waals surface area contributed by atoms with Crippen LogP contribution in [0.15, 0.2) is 48.5 Å². The molecule has 2 N–H and O–H groups in total. The summed E-state index contributed by atoms with van der Waals surface area (Å²) in [6, 6.07) is 17.1. The van der Waals surface area contributed by atoms with Gasteiger partial charge in [-0.05, 0) is 36.6 Å². The number of anilines is 1. The minimum Gasteiger partial charge on any atom is -0.497 e. The quantitative estimate of drug-likeness (QED) is 0.566. The fourth-order valence-electron chi connectivity index (χ4n) is 2.66. The van der Waals surface area contributed by atoms with Crippen molar-refractivity contribution in [3.63, 3.8) is 0 Å². The van der Waals surface area contributed by atoms with Crippen LogP contribution in [0.2, 0.25) is 0 Å². The minimum absolute atomic E-state index is 0.879. The van der Waals surface area contributed by atoms with E-state index in [2.05, 4.69) is 55.1 Å². The van der Waals surface area contributed by atoms with Crippen LogP contribution in [0.25, 0.3) is 0 Å². The van der Waals surface area contributed by atoms with Crippen molar-refractivity contribution >= 4 is 5.69 Å². The van der Waals surface area contributed by atoms with Crippen LogP contribution in [-0.4, -0.2) is 31.8 Å². The maximum atomic E-state index is 5.84. The van der Waals surface area contributed by atoms with Gasteiger partial charge in [-0.2, -0.15) is 0 Å². The summed E-state index contributed by atoms with van der Waals surface area (Å²) >= 11 is 0. The predicted octanol–water partition coefficient (Wildman–Crippen LogP) is 3.46. The first-order valence-corrected chi connectivity index (χ1v) is 8.62. The van der Waals surface area contributed by atoms with Gasteiger partial charge in [0.15, 0.2) is 0 Å². The van der Waals surface area contributed by atoms with Crippen LogP contribution >= 0.6 is 0 Å². The van der Waals surface area contributed by atoms with E-state index in [0.29, 0.717) is 0 Å². The average Bonchev–Trinajstić information content (AvgIpc) is 2.65. The Kier molecular flexibility index (Phi) is 7.09. The summed E-state index contributed by atoms with van der Waals surface area (Å²) in [5, 5.41) is 1.84. The normalized spacial score (nSPS) is 10.9. The van der Waals surface area contributed by atoms with Crippen molar-refractivity contribution in [2.75, 3.05) is 31.6 Å². The van der Waals surface area contributed by atoms with Gasteiger partial charge in [-0.1, -0.05) is 37.3 Å². The molecule has 0 unspecified atom stereocenters. The maximum absolute atomic E-state index is 5.84. The molecule has 0 saturated heterocycles. The number of hydrazine groups is 1. The second kappa shape index (κ2) is 9.30. The number of ether oxygens (including phenoxy) is 1. The average molecular weight is 327 g/mol. The molecule has 0 aliphatic carbocycles. The van der Waals surface area contributed by atoms with E-state index in [1.807, 2.05) is 17.1 Å². The van der Waals surface area contributed by atoms with Crippen molar-refractivity contribution in [2.45, 2.75) is 26.8 Å². The van der Waals surface area contributed by atoms with Crippen molar-refractivity contribution in [3.8, 4) is 5.75 Å². The molecular formula is C20H29N3O. The summed E-state index contributed by atoms with van der Waals surface area (Å²) in [6.45, 7) is 7.86. The Labute approximate surface area is 145 Å². The Morgan fingerprint density at radius 1 is 0.958 bits per heavy atom. The zero-order valence-electron chi connectivity index (χ0n) is 15.0. The van der Waals surface area contributed by atoms with Gasteiger partial charge in [0.1, 0.15) is 5.75 Å². The minimum atomic E-state index is 0.879. The third-order valence-electron chi connectivity index (χ3n) is 4.29. The van der Waals surface area contributed by atoms with Gasteiger partial charge in [-0.3, -0.25) is 5.84 Å². The van der Waals surface area contributed by atoms with E-state index >= 15 is 0 Å². The zero-order valence-corrected chi connectivity index (χ0v) is 15.0. The van der Waals surface area contributed by atoms with Crippen molar-refractivity contribution in [1.29, 1.82) is 0 Å². The molecule has 130 valence electrons. The second-order valence-electron chi connectivity index (χ2n) is 5.91. The highest BCUT2D eigenvalue weighted by molar-refractivity contribution is 5.51. The van der Waals surface area contributed by atoms with Crippen molar-refractivity contribution in [3.05, 3.63) is 59.7 Å². The van der Waals surface area contributed by atoms with E-state index in [9.17, 15) is 0 Å². The van der Waals surface area contributed by atoms with Crippen molar-refractivity contribution in [2.24, 2.45) is 5.84 Å². The van der Waals surface area contributed by atoms with Crippen LogP contribution < -0.4 is 15.5 Å². The molecule has 0 atom stereocenters. The molecule has 0 aromatic heterocycles. The van der Waals surface area contributed by atoms with Gasteiger partial charge in [0.25, 0.3) is 0 Å². The number of rotatable bonds is 9. The molecule has 0 heterocycles. The molecule has 0 spiro atoms. The third kappa shape index (κ3) is 5.25. The SMILES string of the molecule is CCN(N)CCc1ccc(CN(CC)c2cccc(OC)c2)cc1. The number of benzene rings is 2. The van der Waals surface area contributed by atoms with E-state index in [0.717, 1.165) is 38.3 Å². The summed E-state index contributed by atoms with van der Waals surface area (Å²) < 4.78 is 5.33. The Balaban J connectivity index is 2.00. The lowest BCUT2D eigenvalue weighted by Gasteiger charge is -2.24. The topological polar surface area (TPSA) is 41.7 Å². The van der Waals surface area contributed by atoms with Gasteiger partial charge in [0, 0.05) is 37.9 Å². The van der Waals surface area contributed by atoms with Crippen LogP contribution in [0, 0.1) is 0 Å². The van der Waals surface area contributed by atoms with E-state index in [1.165, 1.54) is 16.8 Å². The molecule has 0 amide bonds. The first-order valence-electron chi connectivity index (χ1n) is 8.62. The molecule has 0 radical (unpaired) electrons. The van der Waals surface area contributed by atoms with Crippen molar-refractivity contribution in [1.82, 2.24) is 5.01 Å². The number of methoxy groups -OCH3 is 1. The van der Waals surface area contributed by atoms with Gasteiger partial charge < -0.3 is 9.64 Å². The highest BCUT2D eigenvalue weighted by Gasteiger charge is 2.07. The molecule has 4 heteroatoms. The number of likely N-dealkylation sites (N-methyl/N-ethyl adjacent to an activating group) is 1. The largest absolute Gasteiger partial charge is 0.497 e. The summed E-state index contributed by atoms with van der Waals surface area (Å²) in [5.74, 6) is 6.73. The van der Waals surface area contributed by atoms with E-state index in [4.69, 9.17) is 10.6 Å². The second-order valence-corrected chi connectivity index (χ2v) is 5.91. The lowest BCUT2D eigenvalue weighted by Crippen LogP contribution is -2.32. The molecule has 0 saturated carbocycles. The molecule has 4 nitrogen and oxygen atoms in total. The van der Waals surface area contributed by atoms with E-state index in [1.54, 1.807) is 7.11 Å². The lowest BCUT2D eigenvalue weighted by atomic mass is 10.1. The van der Waals surface area contributed by atoms with Gasteiger partial charge in [-0.15, -0.1) is 0 Å². The monoisotopic (exact) mass is 327 g/mol. The molecule has 0 aliphatic heterocycles. The van der Waals surface area contributed by atoms with E-state index < -0.39 is 0 Å². The Morgan fingerprint density at radius 3 is 2.29 bits per heavy atom. The predicted molar refractivity (Wildman–Crippen MR) is 101 cm³/mol. The smallest absolute Gasteiger partial charge is 0.120 e. The van der Waals surface area contributed by atoms with Crippen LogP contribution in [-0.2, 0) is 13.0 Å². The van der Waals surface area contributed by atoms with Gasteiger partial charge >= 0.3 is 0 Å². The Bertz CT molecular complexity index is 613. The Hall–Kier alpha value is -2.04. The van der Waals surface area contributed by atoms with Crippen LogP contribution in [0.3, 0.4) is 0 Å².